The van der Waals surface area contributed by atoms with Gasteiger partial charge in [0.05, 0.1) is 0 Å². The molecule has 0 spiro atoms. The molecular weight excluding hydrogens is 186 g/mol. The molecule has 0 radical (unpaired) electrons. The maximum Gasteiger partial charge on any atom is 0.0371 e. The standard InChI is InChI=1S/C12H21N3/c1-12(2,10-15(3)4)9-14-11-5-7-13-8-6-11/h5-8H,9-10H2,1-4H3,(H,13,14). The first kappa shape index (κ1) is 12.0. The highest BCUT2D eigenvalue weighted by molar-refractivity contribution is 5.40. The van der Waals surface area contributed by atoms with Crippen molar-refractivity contribution in [1.82, 2.24) is 9.88 Å². The maximum atomic E-state index is 3.99. The van der Waals surface area contributed by atoms with E-state index in [0.29, 0.717) is 0 Å². The minimum Gasteiger partial charge on any atom is -0.384 e. The summed E-state index contributed by atoms with van der Waals surface area (Å²) in [5, 5.41) is 3.42. The highest BCUT2D eigenvalue weighted by Gasteiger charge is 2.18. The number of anilines is 1. The summed E-state index contributed by atoms with van der Waals surface area (Å²) in [7, 11) is 4.21. The van der Waals surface area contributed by atoms with Crippen LogP contribution in [0.4, 0.5) is 5.69 Å². The Morgan fingerprint density at radius 2 is 1.87 bits per heavy atom. The number of hydrogen-bond donors (Lipinski definition) is 1. The Morgan fingerprint density at radius 1 is 1.27 bits per heavy atom. The van der Waals surface area contributed by atoms with Gasteiger partial charge in [-0.05, 0) is 31.6 Å². The Bertz CT molecular complexity index is 280. The topological polar surface area (TPSA) is 28.2 Å². The van der Waals surface area contributed by atoms with Gasteiger partial charge in [0, 0.05) is 31.2 Å². The molecule has 84 valence electrons. The Hall–Kier alpha value is -1.09. The second-order valence-electron chi connectivity index (χ2n) is 4.99. The number of nitrogens with zero attached hydrogens (tertiary/aromatic N) is 2. The van der Waals surface area contributed by atoms with Crippen molar-refractivity contribution < 1.29 is 0 Å². The van der Waals surface area contributed by atoms with Gasteiger partial charge in [0.2, 0.25) is 0 Å². The lowest BCUT2D eigenvalue weighted by molar-refractivity contribution is 0.254. The van der Waals surface area contributed by atoms with Gasteiger partial charge < -0.3 is 10.2 Å². The molecule has 3 heteroatoms. The van der Waals surface area contributed by atoms with Crippen LogP contribution in [0, 0.1) is 5.41 Å². The first-order valence-electron chi connectivity index (χ1n) is 5.28. The first-order chi connectivity index (χ1) is 6.99. The number of rotatable bonds is 5. The molecule has 1 N–H and O–H groups in total. The van der Waals surface area contributed by atoms with Crippen LogP contribution in [0.2, 0.25) is 0 Å². The van der Waals surface area contributed by atoms with Gasteiger partial charge in [-0.25, -0.2) is 0 Å². The molecule has 0 aliphatic heterocycles. The van der Waals surface area contributed by atoms with Gasteiger partial charge in [0.1, 0.15) is 0 Å². The molecule has 0 saturated carbocycles. The molecule has 1 aromatic rings. The number of hydrogen-bond acceptors (Lipinski definition) is 3. The van der Waals surface area contributed by atoms with Crippen molar-refractivity contribution in [3.63, 3.8) is 0 Å². The highest BCUT2D eigenvalue weighted by atomic mass is 15.1. The molecule has 1 rings (SSSR count). The smallest absolute Gasteiger partial charge is 0.0371 e. The van der Waals surface area contributed by atoms with Gasteiger partial charge in [-0.15, -0.1) is 0 Å². The molecule has 0 unspecified atom stereocenters. The van der Waals surface area contributed by atoms with Gasteiger partial charge in [0.15, 0.2) is 0 Å². The number of aromatic nitrogens is 1. The van der Waals surface area contributed by atoms with E-state index < -0.39 is 0 Å². The summed E-state index contributed by atoms with van der Waals surface area (Å²) in [5.74, 6) is 0. The molecule has 0 aliphatic carbocycles. The molecule has 3 nitrogen and oxygen atoms in total. The van der Waals surface area contributed by atoms with Gasteiger partial charge >= 0.3 is 0 Å². The zero-order chi connectivity index (χ0) is 11.3. The Balaban J connectivity index is 2.42. The summed E-state index contributed by atoms with van der Waals surface area (Å²) in [4.78, 5) is 6.21. The average molecular weight is 207 g/mol. The van der Waals surface area contributed by atoms with E-state index in [-0.39, 0.29) is 5.41 Å². The monoisotopic (exact) mass is 207 g/mol. The van der Waals surface area contributed by atoms with E-state index in [0.717, 1.165) is 18.8 Å². The summed E-state index contributed by atoms with van der Waals surface area (Å²) >= 11 is 0. The second-order valence-corrected chi connectivity index (χ2v) is 4.99. The quantitative estimate of drug-likeness (QED) is 0.801. The summed E-state index contributed by atoms with van der Waals surface area (Å²) in [6, 6.07) is 3.98. The third-order valence-corrected chi connectivity index (χ3v) is 2.20. The van der Waals surface area contributed by atoms with Crippen LogP contribution in [0.5, 0.6) is 0 Å². The van der Waals surface area contributed by atoms with Crippen molar-refractivity contribution in [1.29, 1.82) is 0 Å². The molecule has 0 fully saturated rings. The van der Waals surface area contributed by atoms with Gasteiger partial charge in [-0.3, -0.25) is 4.98 Å². The van der Waals surface area contributed by atoms with E-state index >= 15 is 0 Å². The third kappa shape index (κ3) is 4.79. The van der Waals surface area contributed by atoms with Crippen LogP contribution in [0.3, 0.4) is 0 Å². The lowest BCUT2D eigenvalue weighted by atomic mass is 9.93. The van der Waals surface area contributed by atoms with Crippen molar-refractivity contribution in [3.8, 4) is 0 Å². The predicted octanol–water partition coefficient (Wildman–Crippen LogP) is 2.08. The fourth-order valence-corrected chi connectivity index (χ4v) is 1.72. The fourth-order valence-electron chi connectivity index (χ4n) is 1.72. The van der Waals surface area contributed by atoms with Crippen LogP contribution in [0.25, 0.3) is 0 Å². The minimum atomic E-state index is 0.271. The first-order valence-corrected chi connectivity index (χ1v) is 5.28. The van der Waals surface area contributed by atoms with Crippen LogP contribution in [-0.4, -0.2) is 37.1 Å². The highest BCUT2D eigenvalue weighted by Crippen LogP contribution is 2.17. The Morgan fingerprint density at radius 3 is 2.40 bits per heavy atom. The van der Waals surface area contributed by atoms with Crippen LogP contribution in [-0.2, 0) is 0 Å². The normalized spacial score (nSPS) is 11.8. The molecule has 0 saturated heterocycles. The van der Waals surface area contributed by atoms with Crippen LogP contribution in [0.15, 0.2) is 24.5 Å². The summed E-state index contributed by atoms with van der Waals surface area (Å²) in [6.07, 6.45) is 3.61. The van der Waals surface area contributed by atoms with Crippen molar-refractivity contribution in [2.75, 3.05) is 32.5 Å². The number of nitrogens with one attached hydrogen (secondary N) is 1. The molecule has 15 heavy (non-hydrogen) atoms. The van der Waals surface area contributed by atoms with Crippen molar-refractivity contribution in [3.05, 3.63) is 24.5 Å². The molecule has 0 aromatic carbocycles. The largest absolute Gasteiger partial charge is 0.384 e. The van der Waals surface area contributed by atoms with E-state index in [9.17, 15) is 0 Å². The SMILES string of the molecule is CN(C)CC(C)(C)CNc1ccncc1. The third-order valence-electron chi connectivity index (χ3n) is 2.20. The van der Waals surface area contributed by atoms with E-state index in [1.54, 1.807) is 12.4 Å². The van der Waals surface area contributed by atoms with Crippen molar-refractivity contribution >= 4 is 5.69 Å². The molecule has 0 aliphatic rings. The van der Waals surface area contributed by atoms with Gasteiger partial charge in [-0.1, -0.05) is 13.8 Å². The minimum absolute atomic E-state index is 0.271. The van der Waals surface area contributed by atoms with Gasteiger partial charge in [-0.2, -0.15) is 0 Å². The van der Waals surface area contributed by atoms with E-state index in [1.165, 1.54) is 0 Å². The summed E-state index contributed by atoms with van der Waals surface area (Å²) < 4.78 is 0. The van der Waals surface area contributed by atoms with E-state index in [1.807, 2.05) is 12.1 Å². The second kappa shape index (κ2) is 5.12. The lowest BCUT2D eigenvalue weighted by Gasteiger charge is -2.28. The molecule has 0 amide bonds. The maximum absolute atomic E-state index is 3.99. The molecule has 1 aromatic heterocycles. The Kier molecular flexibility index (Phi) is 4.09. The fraction of sp³-hybridized carbons (Fsp3) is 0.583. The summed E-state index contributed by atoms with van der Waals surface area (Å²) in [5.41, 5.74) is 1.41. The number of pyridine rings is 1. The van der Waals surface area contributed by atoms with Crippen LogP contribution >= 0.6 is 0 Å². The molecule has 0 bridgehead atoms. The summed E-state index contributed by atoms with van der Waals surface area (Å²) in [6.45, 7) is 6.57. The molecular formula is C12H21N3. The lowest BCUT2D eigenvalue weighted by Crippen LogP contribution is -2.34. The molecule has 1 heterocycles. The van der Waals surface area contributed by atoms with E-state index in [4.69, 9.17) is 0 Å². The predicted molar refractivity (Wildman–Crippen MR) is 65.1 cm³/mol. The molecule has 0 atom stereocenters. The zero-order valence-corrected chi connectivity index (χ0v) is 10.1. The zero-order valence-electron chi connectivity index (χ0n) is 10.1. The van der Waals surface area contributed by atoms with Crippen LogP contribution < -0.4 is 5.32 Å². The van der Waals surface area contributed by atoms with Crippen LogP contribution in [0.1, 0.15) is 13.8 Å². The van der Waals surface area contributed by atoms with Crippen molar-refractivity contribution in [2.45, 2.75) is 13.8 Å². The average Bonchev–Trinajstić information content (AvgIpc) is 2.15. The van der Waals surface area contributed by atoms with E-state index in [2.05, 4.69) is 43.1 Å². The van der Waals surface area contributed by atoms with Crippen molar-refractivity contribution in [2.24, 2.45) is 5.41 Å². The Labute approximate surface area is 92.5 Å². The van der Waals surface area contributed by atoms with Gasteiger partial charge in [0.25, 0.3) is 0 Å².